The molecule has 2 rings (SSSR count). The first-order valence-electron chi connectivity index (χ1n) is 7.11. The summed E-state index contributed by atoms with van der Waals surface area (Å²) < 4.78 is 5.75. The molecule has 2 fully saturated rings. The van der Waals surface area contributed by atoms with Gasteiger partial charge in [0.25, 0.3) is 0 Å². The van der Waals surface area contributed by atoms with Gasteiger partial charge in [0.15, 0.2) is 0 Å². The SMILES string of the molecule is CCOC1CC(NCCN(C)C2CC2)C1(C)C. The van der Waals surface area contributed by atoms with E-state index in [2.05, 4.69) is 38.0 Å². The molecule has 2 aliphatic carbocycles. The summed E-state index contributed by atoms with van der Waals surface area (Å²) >= 11 is 0. The second-order valence-electron chi connectivity index (χ2n) is 6.22. The van der Waals surface area contributed by atoms with Crippen molar-refractivity contribution in [1.82, 2.24) is 10.2 Å². The van der Waals surface area contributed by atoms with Crippen molar-refractivity contribution in [2.45, 2.75) is 58.2 Å². The molecule has 0 radical (unpaired) electrons. The number of likely N-dealkylation sites (N-methyl/N-ethyl adjacent to an activating group) is 1. The van der Waals surface area contributed by atoms with E-state index in [1.165, 1.54) is 25.8 Å². The number of hydrogen-bond acceptors (Lipinski definition) is 3. The van der Waals surface area contributed by atoms with Crippen LogP contribution in [0.2, 0.25) is 0 Å². The number of hydrogen-bond donors (Lipinski definition) is 1. The lowest BCUT2D eigenvalue weighted by molar-refractivity contribution is -0.114. The van der Waals surface area contributed by atoms with Gasteiger partial charge in [-0.3, -0.25) is 0 Å². The molecule has 0 saturated heterocycles. The molecule has 0 aromatic carbocycles. The van der Waals surface area contributed by atoms with E-state index in [1.807, 2.05) is 0 Å². The number of ether oxygens (including phenoxy) is 1. The molecule has 0 amide bonds. The molecule has 3 heteroatoms. The quantitative estimate of drug-likeness (QED) is 0.735. The van der Waals surface area contributed by atoms with Gasteiger partial charge in [-0.1, -0.05) is 13.8 Å². The molecule has 0 aliphatic heterocycles. The molecule has 2 saturated carbocycles. The maximum absolute atomic E-state index is 5.75. The van der Waals surface area contributed by atoms with Crippen LogP contribution in [0.1, 0.15) is 40.0 Å². The highest BCUT2D eigenvalue weighted by molar-refractivity contribution is 5.02. The van der Waals surface area contributed by atoms with Gasteiger partial charge in [0.2, 0.25) is 0 Å². The summed E-state index contributed by atoms with van der Waals surface area (Å²) in [5.74, 6) is 0. The van der Waals surface area contributed by atoms with Gasteiger partial charge in [-0.25, -0.2) is 0 Å². The third-order valence-electron chi connectivity index (χ3n) is 4.57. The van der Waals surface area contributed by atoms with Crippen LogP contribution in [-0.2, 0) is 4.74 Å². The van der Waals surface area contributed by atoms with Gasteiger partial charge in [0, 0.05) is 37.2 Å². The highest BCUT2D eigenvalue weighted by Gasteiger charge is 2.48. The average molecular weight is 240 g/mol. The van der Waals surface area contributed by atoms with E-state index >= 15 is 0 Å². The smallest absolute Gasteiger partial charge is 0.0655 e. The second-order valence-corrected chi connectivity index (χ2v) is 6.22. The zero-order valence-electron chi connectivity index (χ0n) is 11.8. The predicted molar refractivity (Wildman–Crippen MR) is 71.3 cm³/mol. The van der Waals surface area contributed by atoms with E-state index in [9.17, 15) is 0 Å². The Morgan fingerprint density at radius 2 is 2.06 bits per heavy atom. The molecule has 3 nitrogen and oxygen atoms in total. The van der Waals surface area contributed by atoms with Gasteiger partial charge in [-0.15, -0.1) is 0 Å². The largest absolute Gasteiger partial charge is 0.378 e. The fraction of sp³-hybridized carbons (Fsp3) is 1.00. The molecule has 2 atom stereocenters. The van der Waals surface area contributed by atoms with E-state index in [1.54, 1.807) is 0 Å². The Morgan fingerprint density at radius 3 is 2.59 bits per heavy atom. The standard InChI is InChI=1S/C14H28N2O/c1-5-17-13-10-12(14(13,2)3)15-8-9-16(4)11-6-7-11/h11-13,15H,5-10H2,1-4H3. The molecule has 0 aromatic rings. The first-order valence-corrected chi connectivity index (χ1v) is 7.11. The normalized spacial score (nSPS) is 31.6. The monoisotopic (exact) mass is 240 g/mol. The summed E-state index contributed by atoms with van der Waals surface area (Å²) in [5.41, 5.74) is 0.300. The van der Waals surface area contributed by atoms with Crippen LogP contribution in [0.3, 0.4) is 0 Å². The van der Waals surface area contributed by atoms with Gasteiger partial charge < -0.3 is 15.0 Å². The summed E-state index contributed by atoms with van der Waals surface area (Å²) in [5, 5.41) is 3.69. The fourth-order valence-electron chi connectivity index (χ4n) is 2.83. The predicted octanol–water partition coefficient (Wildman–Crippen LogP) is 1.87. The molecule has 2 aliphatic rings. The van der Waals surface area contributed by atoms with E-state index in [0.717, 1.165) is 19.2 Å². The van der Waals surface area contributed by atoms with Crippen molar-refractivity contribution in [3.8, 4) is 0 Å². The summed E-state index contributed by atoms with van der Waals surface area (Å²) in [7, 11) is 2.24. The van der Waals surface area contributed by atoms with Gasteiger partial charge in [0.05, 0.1) is 6.10 Å². The topological polar surface area (TPSA) is 24.5 Å². The summed E-state index contributed by atoms with van der Waals surface area (Å²) in [6.45, 7) is 9.85. The van der Waals surface area contributed by atoms with Crippen molar-refractivity contribution < 1.29 is 4.74 Å². The molecular weight excluding hydrogens is 212 g/mol. The van der Waals surface area contributed by atoms with Crippen molar-refractivity contribution in [3.05, 3.63) is 0 Å². The molecule has 0 aromatic heterocycles. The second kappa shape index (κ2) is 5.25. The van der Waals surface area contributed by atoms with Crippen molar-refractivity contribution in [3.63, 3.8) is 0 Å². The minimum absolute atomic E-state index is 0.300. The van der Waals surface area contributed by atoms with Crippen LogP contribution in [0, 0.1) is 5.41 Å². The Bertz CT molecular complexity index is 251. The van der Waals surface area contributed by atoms with Crippen molar-refractivity contribution in [2.24, 2.45) is 5.41 Å². The third-order valence-corrected chi connectivity index (χ3v) is 4.57. The van der Waals surface area contributed by atoms with Crippen LogP contribution in [0.5, 0.6) is 0 Å². The van der Waals surface area contributed by atoms with E-state index in [0.29, 0.717) is 17.6 Å². The van der Waals surface area contributed by atoms with Crippen LogP contribution in [0.4, 0.5) is 0 Å². The van der Waals surface area contributed by atoms with Crippen molar-refractivity contribution in [2.75, 3.05) is 26.7 Å². The summed E-state index contributed by atoms with van der Waals surface area (Å²) in [6.07, 6.45) is 4.43. The first-order chi connectivity index (χ1) is 8.05. The number of nitrogens with zero attached hydrogens (tertiary/aromatic N) is 1. The van der Waals surface area contributed by atoms with Crippen LogP contribution >= 0.6 is 0 Å². The van der Waals surface area contributed by atoms with Gasteiger partial charge in [-0.05, 0) is 33.2 Å². The maximum Gasteiger partial charge on any atom is 0.0655 e. The van der Waals surface area contributed by atoms with Crippen molar-refractivity contribution in [1.29, 1.82) is 0 Å². The Balaban J connectivity index is 1.63. The van der Waals surface area contributed by atoms with Crippen LogP contribution in [0.25, 0.3) is 0 Å². The van der Waals surface area contributed by atoms with E-state index in [-0.39, 0.29) is 0 Å². The highest BCUT2D eigenvalue weighted by atomic mass is 16.5. The lowest BCUT2D eigenvalue weighted by Crippen LogP contribution is -2.61. The molecule has 2 unspecified atom stereocenters. The highest BCUT2D eigenvalue weighted by Crippen LogP contribution is 2.42. The fourth-order valence-corrected chi connectivity index (χ4v) is 2.83. The molecule has 1 N–H and O–H groups in total. The Hall–Kier alpha value is -0.120. The van der Waals surface area contributed by atoms with Crippen LogP contribution in [-0.4, -0.2) is 49.8 Å². The first kappa shape index (κ1) is 13.3. The summed E-state index contributed by atoms with van der Waals surface area (Å²) in [6, 6.07) is 1.51. The molecule has 0 bridgehead atoms. The third kappa shape index (κ3) is 3.01. The minimum Gasteiger partial charge on any atom is -0.378 e. The molecule has 0 heterocycles. The number of rotatable bonds is 7. The Labute approximate surface area is 106 Å². The van der Waals surface area contributed by atoms with Gasteiger partial charge in [-0.2, -0.15) is 0 Å². The average Bonchev–Trinajstić information content (AvgIpc) is 3.10. The molecule has 0 spiro atoms. The summed E-state index contributed by atoms with van der Waals surface area (Å²) in [4.78, 5) is 2.48. The Morgan fingerprint density at radius 1 is 1.35 bits per heavy atom. The maximum atomic E-state index is 5.75. The van der Waals surface area contributed by atoms with E-state index in [4.69, 9.17) is 4.74 Å². The molecular formula is C14H28N2O. The zero-order valence-corrected chi connectivity index (χ0v) is 11.8. The zero-order chi connectivity index (χ0) is 12.5. The van der Waals surface area contributed by atoms with Gasteiger partial charge in [0.1, 0.15) is 0 Å². The lowest BCUT2D eigenvalue weighted by atomic mass is 9.64. The Kier molecular flexibility index (Phi) is 4.11. The van der Waals surface area contributed by atoms with Crippen molar-refractivity contribution >= 4 is 0 Å². The van der Waals surface area contributed by atoms with Gasteiger partial charge >= 0.3 is 0 Å². The molecule has 17 heavy (non-hydrogen) atoms. The van der Waals surface area contributed by atoms with E-state index < -0.39 is 0 Å². The van der Waals surface area contributed by atoms with Crippen LogP contribution < -0.4 is 5.32 Å². The lowest BCUT2D eigenvalue weighted by Gasteiger charge is -2.52. The molecule has 100 valence electrons. The minimum atomic E-state index is 0.300. The van der Waals surface area contributed by atoms with Crippen LogP contribution in [0.15, 0.2) is 0 Å². The number of nitrogens with one attached hydrogen (secondary N) is 1.